The highest BCUT2D eigenvalue weighted by molar-refractivity contribution is 9.10. The molecule has 1 saturated carbocycles. The summed E-state index contributed by atoms with van der Waals surface area (Å²) in [4.78, 5) is 29.2. The number of carbonyl (C=O) groups excluding carboxylic acids is 2. The highest BCUT2D eigenvalue weighted by Crippen LogP contribution is 2.23. The van der Waals surface area contributed by atoms with Gasteiger partial charge < -0.3 is 15.0 Å². The van der Waals surface area contributed by atoms with Crippen molar-refractivity contribution in [3.05, 3.63) is 99.0 Å². The van der Waals surface area contributed by atoms with Crippen LogP contribution in [0.4, 0.5) is 0 Å². The molecule has 1 N–H and O–H groups in total. The van der Waals surface area contributed by atoms with Crippen LogP contribution in [0.3, 0.4) is 0 Å². The average molecular weight is 598 g/mol. The van der Waals surface area contributed by atoms with E-state index in [9.17, 15) is 9.59 Å². The lowest BCUT2D eigenvalue weighted by molar-refractivity contribution is -0.143. The Morgan fingerprint density at radius 3 is 2.39 bits per heavy atom. The Labute approximate surface area is 238 Å². The Hall–Kier alpha value is -2.83. The molecule has 0 spiro atoms. The van der Waals surface area contributed by atoms with Gasteiger partial charge in [-0.3, -0.25) is 9.59 Å². The van der Waals surface area contributed by atoms with E-state index in [1.807, 2.05) is 67.6 Å². The number of hydrogen-bond acceptors (Lipinski definition) is 3. The largest absolute Gasteiger partial charge is 0.484 e. The number of hydrogen-bond donors (Lipinski definition) is 1. The fraction of sp³-hybridized carbons (Fsp3) is 0.355. The Bertz CT molecular complexity index is 1210. The molecule has 1 atom stereocenters. The summed E-state index contributed by atoms with van der Waals surface area (Å²) >= 11 is 9.63. The standard InChI is InChI=1S/C31H34BrClN2O3/c1-22-18-27(16-17-28(22)33)38-21-30(36)35(20-24-12-14-25(32)15-13-24)29(19-23-8-4-2-5-9-23)31(37)34-26-10-6-3-7-11-26/h2,4-5,8-9,12-18,26,29H,3,6-7,10-11,19-21H2,1H3,(H,34,37)/t29-/m1/s1. The quantitative estimate of drug-likeness (QED) is 0.277. The average Bonchev–Trinajstić information content (AvgIpc) is 2.93. The summed E-state index contributed by atoms with van der Waals surface area (Å²) in [5.74, 6) is 0.198. The van der Waals surface area contributed by atoms with Crippen LogP contribution >= 0.6 is 27.5 Å². The van der Waals surface area contributed by atoms with E-state index in [4.69, 9.17) is 16.3 Å². The maximum Gasteiger partial charge on any atom is 0.261 e. The zero-order valence-electron chi connectivity index (χ0n) is 21.7. The van der Waals surface area contributed by atoms with Crippen molar-refractivity contribution >= 4 is 39.3 Å². The van der Waals surface area contributed by atoms with Gasteiger partial charge in [-0.15, -0.1) is 0 Å². The molecular weight excluding hydrogens is 564 g/mol. The number of aryl methyl sites for hydroxylation is 1. The molecule has 2 amide bonds. The minimum Gasteiger partial charge on any atom is -0.484 e. The van der Waals surface area contributed by atoms with Gasteiger partial charge in [0.05, 0.1) is 0 Å². The summed E-state index contributed by atoms with van der Waals surface area (Å²) in [7, 11) is 0. The van der Waals surface area contributed by atoms with E-state index in [0.717, 1.165) is 46.8 Å². The number of ether oxygens (including phenoxy) is 1. The predicted molar refractivity (Wildman–Crippen MR) is 155 cm³/mol. The van der Waals surface area contributed by atoms with Crippen LogP contribution in [0, 0.1) is 6.92 Å². The maximum absolute atomic E-state index is 13.8. The second kappa shape index (κ2) is 13.8. The Morgan fingerprint density at radius 1 is 1.00 bits per heavy atom. The molecule has 0 bridgehead atoms. The van der Waals surface area contributed by atoms with Crippen molar-refractivity contribution in [2.24, 2.45) is 0 Å². The normalized spacial score (nSPS) is 14.5. The minimum atomic E-state index is -0.675. The molecular formula is C31H34BrClN2O3. The second-order valence-electron chi connectivity index (χ2n) is 9.90. The third-order valence-corrected chi connectivity index (χ3v) is 7.93. The first kappa shape index (κ1) is 28.2. The lowest BCUT2D eigenvalue weighted by Crippen LogP contribution is -2.53. The molecule has 0 saturated heterocycles. The fourth-order valence-corrected chi connectivity index (χ4v) is 5.20. The molecule has 1 aliphatic carbocycles. The van der Waals surface area contributed by atoms with Crippen molar-refractivity contribution in [2.75, 3.05) is 6.61 Å². The van der Waals surface area contributed by atoms with Crippen LogP contribution in [-0.4, -0.2) is 35.4 Å². The molecule has 4 rings (SSSR count). The summed E-state index contributed by atoms with van der Waals surface area (Å²) in [6, 6.07) is 22.5. The number of carbonyl (C=O) groups is 2. The van der Waals surface area contributed by atoms with E-state index in [1.54, 1.807) is 17.0 Å². The van der Waals surface area contributed by atoms with E-state index in [2.05, 4.69) is 21.2 Å². The molecule has 200 valence electrons. The van der Waals surface area contributed by atoms with Gasteiger partial charge in [-0.2, -0.15) is 0 Å². The van der Waals surface area contributed by atoms with E-state index in [-0.39, 0.29) is 24.5 Å². The van der Waals surface area contributed by atoms with Crippen molar-refractivity contribution in [1.82, 2.24) is 10.2 Å². The van der Waals surface area contributed by atoms with Crippen LogP contribution in [0.15, 0.2) is 77.3 Å². The van der Waals surface area contributed by atoms with Gasteiger partial charge in [-0.1, -0.05) is 89.3 Å². The van der Waals surface area contributed by atoms with Gasteiger partial charge in [-0.05, 0) is 66.8 Å². The Balaban J connectivity index is 1.60. The van der Waals surface area contributed by atoms with E-state index >= 15 is 0 Å². The van der Waals surface area contributed by atoms with Crippen molar-refractivity contribution in [2.45, 2.75) is 64.1 Å². The van der Waals surface area contributed by atoms with Crippen molar-refractivity contribution in [3.8, 4) is 5.75 Å². The molecule has 0 unspecified atom stereocenters. The lowest BCUT2D eigenvalue weighted by atomic mass is 9.94. The Kier molecular flexibility index (Phi) is 10.2. The summed E-state index contributed by atoms with van der Waals surface area (Å²) in [5.41, 5.74) is 2.81. The summed E-state index contributed by atoms with van der Waals surface area (Å²) in [6.07, 6.45) is 5.80. The molecule has 1 fully saturated rings. The smallest absolute Gasteiger partial charge is 0.261 e. The molecule has 3 aromatic rings. The van der Waals surface area contributed by atoms with E-state index in [1.165, 1.54) is 6.42 Å². The van der Waals surface area contributed by atoms with Gasteiger partial charge in [0.15, 0.2) is 6.61 Å². The predicted octanol–water partition coefficient (Wildman–Crippen LogP) is 6.88. The van der Waals surface area contributed by atoms with Gasteiger partial charge in [-0.25, -0.2) is 0 Å². The molecule has 1 aliphatic rings. The lowest BCUT2D eigenvalue weighted by Gasteiger charge is -2.33. The van der Waals surface area contributed by atoms with E-state index in [0.29, 0.717) is 23.7 Å². The van der Waals surface area contributed by atoms with E-state index < -0.39 is 6.04 Å². The van der Waals surface area contributed by atoms with Gasteiger partial charge >= 0.3 is 0 Å². The number of rotatable bonds is 10. The number of halogens is 2. The zero-order chi connectivity index (χ0) is 26.9. The Morgan fingerprint density at radius 2 is 1.71 bits per heavy atom. The van der Waals surface area contributed by atoms with Gasteiger partial charge in [0, 0.05) is 28.5 Å². The number of nitrogens with one attached hydrogen (secondary N) is 1. The first-order valence-electron chi connectivity index (χ1n) is 13.2. The minimum absolute atomic E-state index is 0.117. The first-order valence-corrected chi connectivity index (χ1v) is 14.3. The first-order chi connectivity index (χ1) is 18.4. The van der Waals surface area contributed by atoms with Crippen LogP contribution in [0.2, 0.25) is 5.02 Å². The molecule has 38 heavy (non-hydrogen) atoms. The number of benzene rings is 3. The molecule has 7 heteroatoms. The van der Waals surface area contributed by atoms with Gasteiger partial charge in [0.1, 0.15) is 11.8 Å². The molecule has 3 aromatic carbocycles. The van der Waals surface area contributed by atoms with Crippen LogP contribution in [-0.2, 0) is 22.6 Å². The number of amides is 2. The molecule has 0 heterocycles. The second-order valence-corrected chi connectivity index (χ2v) is 11.2. The summed E-state index contributed by atoms with van der Waals surface area (Å²) in [5, 5.41) is 3.90. The molecule has 0 radical (unpaired) electrons. The highest BCUT2D eigenvalue weighted by Gasteiger charge is 2.32. The van der Waals surface area contributed by atoms with Crippen LogP contribution in [0.25, 0.3) is 0 Å². The van der Waals surface area contributed by atoms with Crippen molar-refractivity contribution in [1.29, 1.82) is 0 Å². The third kappa shape index (κ3) is 8.08. The van der Waals surface area contributed by atoms with Gasteiger partial charge in [0.25, 0.3) is 5.91 Å². The third-order valence-electron chi connectivity index (χ3n) is 6.98. The molecule has 0 aliphatic heterocycles. The van der Waals surface area contributed by atoms with Gasteiger partial charge in [0.2, 0.25) is 5.91 Å². The summed E-state index contributed by atoms with van der Waals surface area (Å²) in [6.45, 7) is 2.01. The van der Waals surface area contributed by atoms with Crippen LogP contribution in [0.5, 0.6) is 5.75 Å². The SMILES string of the molecule is Cc1cc(OCC(=O)N(Cc2ccc(Br)cc2)[C@H](Cc2ccccc2)C(=O)NC2CCCCC2)ccc1Cl. The fourth-order valence-electron chi connectivity index (χ4n) is 4.82. The van der Waals surface area contributed by atoms with Crippen LogP contribution in [0.1, 0.15) is 48.8 Å². The maximum atomic E-state index is 13.8. The van der Waals surface area contributed by atoms with Crippen molar-refractivity contribution in [3.63, 3.8) is 0 Å². The monoisotopic (exact) mass is 596 g/mol. The zero-order valence-corrected chi connectivity index (χ0v) is 24.0. The molecule has 0 aromatic heterocycles. The van der Waals surface area contributed by atoms with Crippen molar-refractivity contribution < 1.29 is 14.3 Å². The van der Waals surface area contributed by atoms with Crippen LogP contribution < -0.4 is 10.1 Å². The highest BCUT2D eigenvalue weighted by atomic mass is 79.9. The topological polar surface area (TPSA) is 58.6 Å². The summed E-state index contributed by atoms with van der Waals surface area (Å²) < 4.78 is 6.84. The molecule has 5 nitrogen and oxygen atoms in total. The number of nitrogens with zero attached hydrogens (tertiary/aromatic N) is 1.